The third-order valence-electron chi connectivity index (χ3n) is 6.16. The molecule has 0 saturated heterocycles. The van der Waals surface area contributed by atoms with E-state index in [1.54, 1.807) is 17.0 Å². The van der Waals surface area contributed by atoms with Gasteiger partial charge in [-0.2, -0.15) is 4.31 Å². The fraction of sp³-hybridized carbons (Fsp3) is 0.310. The van der Waals surface area contributed by atoms with Crippen molar-refractivity contribution in [3.8, 4) is 0 Å². The highest BCUT2D eigenvalue weighted by molar-refractivity contribution is 7.89. The lowest BCUT2D eigenvalue weighted by Crippen LogP contribution is -2.33. The molecule has 0 atom stereocenters. The number of fused-ring (bicyclic) bond motifs is 1. The maximum atomic E-state index is 13.8. The minimum atomic E-state index is -3.62. The molecule has 1 amide bonds. The molecule has 8 heteroatoms. The molecule has 0 unspecified atom stereocenters. The average Bonchev–Trinajstić information content (AvgIpc) is 3.31. The molecule has 3 aromatic carbocycles. The van der Waals surface area contributed by atoms with Crippen LogP contribution in [0.15, 0.2) is 71.6 Å². The highest BCUT2D eigenvalue weighted by Crippen LogP contribution is 2.33. The van der Waals surface area contributed by atoms with E-state index < -0.39 is 10.0 Å². The van der Waals surface area contributed by atoms with Crippen molar-refractivity contribution < 1.29 is 13.2 Å². The minimum Gasteiger partial charge on any atom is -0.279 e. The van der Waals surface area contributed by atoms with E-state index in [1.807, 2.05) is 51.1 Å². The number of hydrogen-bond acceptors (Lipinski definition) is 5. The van der Waals surface area contributed by atoms with Crippen LogP contribution in [0.1, 0.15) is 53.7 Å². The summed E-state index contributed by atoms with van der Waals surface area (Å²) < 4.78 is 28.9. The second-order valence-corrected chi connectivity index (χ2v) is 12.2. The third kappa shape index (κ3) is 5.92. The van der Waals surface area contributed by atoms with Gasteiger partial charge in [-0.1, -0.05) is 61.6 Å². The molecule has 0 radical (unpaired) electrons. The van der Waals surface area contributed by atoms with Gasteiger partial charge in [0.25, 0.3) is 5.91 Å². The van der Waals surface area contributed by atoms with Crippen molar-refractivity contribution in [2.24, 2.45) is 0 Å². The summed E-state index contributed by atoms with van der Waals surface area (Å²) in [6, 6.07) is 20.3. The molecule has 0 N–H and O–H groups in total. The third-order valence-corrected chi connectivity index (χ3v) is 9.10. The van der Waals surface area contributed by atoms with Crippen LogP contribution in [0.5, 0.6) is 0 Å². The van der Waals surface area contributed by atoms with Crippen LogP contribution in [0.4, 0.5) is 5.13 Å². The number of aryl methyl sites for hydroxylation is 2. The van der Waals surface area contributed by atoms with Gasteiger partial charge in [0.15, 0.2) is 5.13 Å². The molecule has 194 valence electrons. The van der Waals surface area contributed by atoms with E-state index in [9.17, 15) is 13.2 Å². The molecular formula is C29H33N3O3S2. The Morgan fingerprint density at radius 1 is 0.919 bits per heavy atom. The van der Waals surface area contributed by atoms with Crippen molar-refractivity contribution in [3.63, 3.8) is 0 Å². The average molecular weight is 536 g/mol. The van der Waals surface area contributed by atoms with Gasteiger partial charge in [-0.25, -0.2) is 13.4 Å². The number of sulfonamides is 1. The number of nitrogens with zero attached hydrogens (tertiary/aromatic N) is 3. The number of carbonyl (C=O) groups is 1. The van der Waals surface area contributed by atoms with Crippen molar-refractivity contribution in [1.29, 1.82) is 0 Å². The lowest BCUT2D eigenvalue weighted by Gasteiger charge is -2.22. The molecular weight excluding hydrogens is 502 g/mol. The van der Waals surface area contributed by atoms with E-state index in [4.69, 9.17) is 4.98 Å². The zero-order chi connectivity index (χ0) is 26.6. The largest absolute Gasteiger partial charge is 0.279 e. The van der Waals surface area contributed by atoms with Crippen LogP contribution in [0.25, 0.3) is 10.2 Å². The summed E-state index contributed by atoms with van der Waals surface area (Å²) in [5.74, 6) is -0.222. The van der Waals surface area contributed by atoms with Gasteiger partial charge in [0.05, 0.1) is 21.7 Å². The number of benzene rings is 3. The summed E-state index contributed by atoms with van der Waals surface area (Å²) in [5.41, 5.74) is 4.52. The Morgan fingerprint density at radius 3 is 2.19 bits per heavy atom. The minimum absolute atomic E-state index is 0.201. The van der Waals surface area contributed by atoms with Gasteiger partial charge < -0.3 is 0 Å². The predicted octanol–water partition coefficient (Wildman–Crippen LogP) is 6.57. The van der Waals surface area contributed by atoms with Gasteiger partial charge in [0.1, 0.15) is 0 Å². The molecule has 0 fully saturated rings. The Labute approximate surface area is 223 Å². The highest BCUT2D eigenvalue weighted by atomic mass is 32.2. The van der Waals surface area contributed by atoms with Crippen molar-refractivity contribution in [2.75, 3.05) is 18.0 Å². The van der Waals surface area contributed by atoms with E-state index in [2.05, 4.69) is 19.1 Å². The quantitative estimate of drug-likeness (QED) is 0.230. The zero-order valence-corrected chi connectivity index (χ0v) is 23.4. The number of thiazole rings is 1. The van der Waals surface area contributed by atoms with E-state index in [0.29, 0.717) is 30.3 Å². The summed E-state index contributed by atoms with van der Waals surface area (Å²) in [5, 5.41) is 0.617. The van der Waals surface area contributed by atoms with Crippen molar-refractivity contribution in [1.82, 2.24) is 9.29 Å². The lowest BCUT2D eigenvalue weighted by molar-refractivity contribution is 0.0985. The predicted molar refractivity (Wildman–Crippen MR) is 152 cm³/mol. The van der Waals surface area contributed by atoms with Gasteiger partial charge >= 0.3 is 0 Å². The van der Waals surface area contributed by atoms with Crippen molar-refractivity contribution in [2.45, 2.75) is 52.0 Å². The van der Waals surface area contributed by atoms with Crippen LogP contribution >= 0.6 is 11.3 Å². The van der Waals surface area contributed by atoms with Crippen LogP contribution in [0.3, 0.4) is 0 Å². The highest BCUT2D eigenvalue weighted by Gasteiger charge is 2.25. The number of anilines is 1. The van der Waals surface area contributed by atoms with Gasteiger partial charge in [-0.3, -0.25) is 9.69 Å². The zero-order valence-electron chi connectivity index (χ0n) is 21.8. The monoisotopic (exact) mass is 535 g/mol. The van der Waals surface area contributed by atoms with Crippen LogP contribution in [0.2, 0.25) is 0 Å². The first-order chi connectivity index (χ1) is 17.7. The Morgan fingerprint density at radius 2 is 1.57 bits per heavy atom. The molecule has 0 bridgehead atoms. The molecule has 6 nitrogen and oxygen atoms in total. The van der Waals surface area contributed by atoms with Crippen molar-refractivity contribution in [3.05, 3.63) is 89.0 Å². The number of amides is 1. The summed E-state index contributed by atoms with van der Waals surface area (Å²) in [6.07, 6.45) is 1.48. The maximum Gasteiger partial charge on any atom is 0.260 e. The van der Waals surface area contributed by atoms with Crippen LogP contribution in [-0.4, -0.2) is 36.7 Å². The number of hydrogen-bond donors (Lipinski definition) is 0. The second kappa shape index (κ2) is 11.5. The molecule has 1 aromatic heterocycles. The summed E-state index contributed by atoms with van der Waals surface area (Å²) in [4.78, 5) is 20.5. The first-order valence-electron chi connectivity index (χ1n) is 12.6. The Kier molecular flexibility index (Phi) is 8.42. The van der Waals surface area contributed by atoms with E-state index >= 15 is 0 Å². The summed E-state index contributed by atoms with van der Waals surface area (Å²) in [6.45, 7) is 9.31. The first kappa shape index (κ1) is 27.0. The standard InChI is InChI=1S/C29H33N3O3S2/c1-5-16-31(17-6-2)37(34,35)25-14-12-24(13-15-25)28(33)32(20-23-10-8-7-9-11-23)29-30-27-22(4)18-21(3)19-26(27)36-29/h7-15,18-19H,5-6,16-17,20H2,1-4H3. The topological polar surface area (TPSA) is 70.6 Å². The lowest BCUT2D eigenvalue weighted by atomic mass is 10.1. The van der Waals surface area contributed by atoms with Crippen LogP contribution in [-0.2, 0) is 16.6 Å². The van der Waals surface area contributed by atoms with Gasteiger partial charge in [-0.15, -0.1) is 0 Å². The van der Waals surface area contributed by atoms with Crippen LogP contribution in [0, 0.1) is 13.8 Å². The van der Waals surface area contributed by atoms with Gasteiger partial charge in [0.2, 0.25) is 10.0 Å². The molecule has 0 spiro atoms. The fourth-order valence-electron chi connectivity index (χ4n) is 4.39. The summed E-state index contributed by atoms with van der Waals surface area (Å²) in [7, 11) is -3.62. The summed E-state index contributed by atoms with van der Waals surface area (Å²) >= 11 is 1.49. The molecule has 0 aliphatic heterocycles. The number of rotatable bonds is 10. The van der Waals surface area contributed by atoms with Gasteiger partial charge in [-0.05, 0) is 73.7 Å². The fourth-order valence-corrected chi connectivity index (χ4v) is 7.16. The van der Waals surface area contributed by atoms with E-state index in [-0.39, 0.29) is 10.8 Å². The molecule has 0 aliphatic carbocycles. The second-order valence-electron chi connectivity index (χ2n) is 9.23. The SMILES string of the molecule is CCCN(CCC)S(=O)(=O)c1ccc(C(=O)N(Cc2ccccc2)c2nc3c(C)cc(C)cc3s2)cc1. The molecule has 0 saturated carbocycles. The number of carbonyl (C=O) groups excluding carboxylic acids is 1. The molecule has 0 aliphatic rings. The smallest absolute Gasteiger partial charge is 0.260 e. The Hall–Kier alpha value is -3.07. The van der Waals surface area contributed by atoms with Crippen molar-refractivity contribution >= 4 is 42.6 Å². The Balaban J connectivity index is 1.70. The Bertz CT molecular complexity index is 1470. The maximum absolute atomic E-state index is 13.8. The number of aromatic nitrogens is 1. The first-order valence-corrected chi connectivity index (χ1v) is 14.8. The molecule has 4 aromatic rings. The van der Waals surface area contributed by atoms with E-state index in [0.717, 1.165) is 39.7 Å². The van der Waals surface area contributed by atoms with E-state index in [1.165, 1.54) is 27.8 Å². The molecule has 1 heterocycles. The van der Waals surface area contributed by atoms with Crippen LogP contribution < -0.4 is 4.90 Å². The molecule has 37 heavy (non-hydrogen) atoms. The normalized spacial score (nSPS) is 11.8. The van der Waals surface area contributed by atoms with Gasteiger partial charge in [0, 0.05) is 18.7 Å². The molecule has 4 rings (SSSR count).